The van der Waals surface area contributed by atoms with E-state index in [1.165, 1.54) is 0 Å². The zero-order valence-electron chi connectivity index (χ0n) is 16.1. The molecule has 2 aromatic carbocycles. The lowest BCUT2D eigenvalue weighted by molar-refractivity contribution is -0.130. The van der Waals surface area contributed by atoms with Crippen LogP contribution in [-0.4, -0.2) is 26.6 Å². The summed E-state index contributed by atoms with van der Waals surface area (Å²) in [6, 6.07) is 18.9. The number of carbonyl (C=O) groups excluding carboxylic acids is 2. The van der Waals surface area contributed by atoms with Crippen molar-refractivity contribution in [3.8, 4) is 17.1 Å². The Morgan fingerprint density at radius 1 is 0.964 bits per heavy atom. The summed E-state index contributed by atoms with van der Waals surface area (Å²) in [4.78, 5) is 29.1. The van der Waals surface area contributed by atoms with Gasteiger partial charge in [0.05, 0.1) is 5.69 Å². The largest absolute Gasteiger partial charge is 0.309 e. The molecule has 0 saturated carbocycles. The minimum atomic E-state index is -0.584. The van der Waals surface area contributed by atoms with Crippen molar-refractivity contribution in [1.82, 2.24) is 25.6 Å². The first kappa shape index (κ1) is 19.3. The number of benzene rings is 2. The lowest BCUT2D eigenvalue weighted by Crippen LogP contribution is -2.47. The fourth-order valence-electron chi connectivity index (χ4n) is 2.43. The van der Waals surface area contributed by atoms with Gasteiger partial charge < -0.3 is 0 Å². The molecular formula is C21H23N5O2. The van der Waals surface area contributed by atoms with E-state index in [0.717, 1.165) is 11.3 Å². The van der Waals surface area contributed by atoms with E-state index in [1.54, 1.807) is 4.68 Å². The second kappa shape index (κ2) is 8.04. The van der Waals surface area contributed by atoms with Gasteiger partial charge in [0.1, 0.15) is 0 Å². The molecule has 7 heteroatoms. The molecule has 0 spiro atoms. The maximum Gasteiger partial charge on any atom is 0.309 e. The normalized spacial score (nSPS) is 11.1. The van der Waals surface area contributed by atoms with Gasteiger partial charge in [-0.25, -0.2) is 9.67 Å². The van der Waals surface area contributed by atoms with Crippen LogP contribution in [-0.2, 0) is 4.79 Å². The predicted octanol–water partition coefficient (Wildman–Crippen LogP) is 3.13. The molecule has 0 bridgehead atoms. The second-order valence-corrected chi connectivity index (χ2v) is 7.02. The van der Waals surface area contributed by atoms with Crippen LogP contribution in [0.15, 0.2) is 60.7 Å². The highest BCUT2D eigenvalue weighted by atomic mass is 16.2. The standard InChI is InChI=1S/C21H23N5O2/c1-4-21(2,3)20(28)24-23-19(27)17-22-18(15-11-7-5-8-12-15)26(25-17)16-13-9-6-10-14-16/h5-14H,4H2,1-3H3,(H,23,27)(H,24,28). The average Bonchev–Trinajstić information content (AvgIpc) is 3.18. The van der Waals surface area contributed by atoms with E-state index in [0.29, 0.717) is 12.2 Å². The minimum Gasteiger partial charge on any atom is -0.273 e. The third kappa shape index (κ3) is 4.09. The van der Waals surface area contributed by atoms with Crippen molar-refractivity contribution in [3.05, 3.63) is 66.5 Å². The van der Waals surface area contributed by atoms with E-state index in [2.05, 4.69) is 20.9 Å². The van der Waals surface area contributed by atoms with Crippen molar-refractivity contribution >= 4 is 11.8 Å². The van der Waals surface area contributed by atoms with Gasteiger partial charge in [0, 0.05) is 11.0 Å². The Bertz CT molecular complexity index is 908. The van der Waals surface area contributed by atoms with Crippen molar-refractivity contribution < 1.29 is 9.59 Å². The first-order valence-corrected chi connectivity index (χ1v) is 9.11. The summed E-state index contributed by atoms with van der Waals surface area (Å²) >= 11 is 0. The van der Waals surface area contributed by atoms with Crippen LogP contribution >= 0.6 is 0 Å². The Hall–Kier alpha value is -3.48. The first-order valence-electron chi connectivity index (χ1n) is 9.11. The molecule has 0 aliphatic heterocycles. The Balaban J connectivity index is 1.89. The van der Waals surface area contributed by atoms with Crippen molar-refractivity contribution in [3.63, 3.8) is 0 Å². The summed E-state index contributed by atoms with van der Waals surface area (Å²) in [5.41, 5.74) is 5.88. The van der Waals surface area contributed by atoms with Gasteiger partial charge in [0.25, 0.3) is 0 Å². The van der Waals surface area contributed by atoms with Crippen LogP contribution in [0.3, 0.4) is 0 Å². The van der Waals surface area contributed by atoms with Crippen LogP contribution in [0.4, 0.5) is 0 Å². The number of rotatable bonds is 5. The molecule has 0 saturated heterocycles. The quantitative estimate of drug-likeness (QED) is 0.669. The van der Waals surface area contributed by atoms with Crippen molar-refractivity contribution in [2.45, 2.75) is 27.2 Å². The smallest absolute Gasteiger partial charge is 0.273 e. The number of hydrazine groups is 1. The van der Waals surface area contributed by atoms with Gasteiger partial charge in [-0.05, 0) is 18.6 Å². The average molecular weight is 377 g/mol. The maximum absolute atomic E-state index is 12.5. The Kier molecular flexibility index (Phi) is 5.54. The molecule has 0 atom stereocenters. The van der Waals surface area contributed by atoms with Crippen LogP contribution in [0.5, 0.6) is 0 Å². The molecule has 2 amide bonds. The van der Waals surface area contributed by atoms with Gasteiger partial charge in [-0.2, -0.15) is 0 Å². The van der Waals surface area contributed by atoms with Gasteiger partial charge in [0.2, 0.25) is 11.7 Å². The number of aromatic nitrogens is 3. The van der Waals surface area contributed by atoms with E-state index < -0.39 is 11.3 Å². The Morgan fingerprint density at radius 3 is 2.18 bits per heavy atom. The summed E-state index contributed by atoms with van der Waals surface area (Å²) in [5.74, 6) is -0.337. The highest BCUT2D eigenvalue weighted by molar-refractivity contribution is 5.93. The van der Waals surface area contributed by atoms with E-state index in [-0.39, 0.29) is 11.7 Å². The van der Waals surface area contributed by atoms with Gasteiger partial charge in [-0.15, -0.1) is 5.10 Å². The molecule has 28 heavy (non-hydrogen) atoms. The number of amides is 2. The van der Waals surface area contributed by atoms with Gasteiger partial charge >= 0.3 is 5.91 Å². The van der Waals surface area contributed by atoms with E-state index in [1.807, 2.05) is 81.4 Å². The van der Waals surface area contributed by atoms with Crippen molar-refractivity contribution in [2.24, 2.45) is 5.41 Å². The summed E-state index contributed by atoms with van der Waals surface area (Å²) in [6.07, 6.45) is 0.647. The summed E-state index contributed by atoms with van der Waals surface area (Å²) < 4.78 is 1.61. The molecule has 3 rings (SSSR count). The Labute approximate surface area is 163 Å². The molecule has 0 unspecified atom stereocenters. The summed E-state index contributed by atoms with van der Waals surface area (Å²) in [7, 11) is 0. The lowest BCUT2D eigenvalue weighted by Gasteiger charge is -2.21. The van der Waals surface area contributed by atoms with Crippen molar-refractivity contribution in [2.75, 3.05) is 0 Å². The molecule has 7 nitrogen and oxygen atoms in total. The molecule has 0 radical (unpaired) electrons. The number of hydrogen-bond acceptors (Lipinski definition) is 4. The molecular weight excluding hydrogens is 354 g/mol. The van der Waals surface area contributed by atoms with Crippen molar-refractivity contribution in [1.29, 1.82) is 0 Å². The van der Waals surface area contributed by atoms with Crippen LogP contribution in [0.25, 0.3) is 17.1 Å². The molecule has 1 heterocycles. The number of hydrogen-bond donors (Lipinski definition) is 2. The SMILES string of the molecule is CCC(C)(C)C(=O)NNC(=O)c1nc(-c2ccccc2)n(-c2ccccc2)n1. The zero-order chi connectivity index (χ0) is 20.1. The van der Waals surface area contributed by atoms with Gasteiger partial charge in [-0.3, -0.25) is 20.4 Å². The number of nitrogens with one attached hydrogen (secondary N) is 2. The second-order valence-electron chi connectivity index (χ2n) is 7.02. The molecule has 0 fully saturated rings. The Morgan fingerprint density at radius 2 is 1.57 bits per heavy atom. The third-order valence-electron chi connectivity index (χ3n) is 4.63. The summed E-state index contributed by atoms with van der Waals surface area (Å²) in [5, 5.41) is 4.36. The van der Waals surface area contributed by atoms with Gasteiger partial charge in [0.15, 0.2) is 5.82 Å². The van der Waals surface area contributed by atoms with Crippen LogP contribution in [0, 0.1) is 5.41 Å². The highest BCUT2D eigenvalue weighted by Crippen LogP contribution is 2.21. The topological polar surface area (TPSA) is 88.9 Å². The monoisotopic (exact) mass is 377 g/mol. The van der Waals surface area contributed by atoms with Gasteiger partial charge in [-0.1, -0.05) is 69.3 Å². The van der Waals surface area contributed by atoms with E-state index in [9.17, 15) is 9.59 Å². The number of carbonyl (C=O) groups is 2. The zero-order valence-corrected chi connectivity index (χ0v) is 16.1. The third-order valence-corrected chi connectivity index (χ3v) is 4.63. The van der Waals surface area contributed by atoms with E-state index >= 15 is 0 Å². The highest BCUT2D eigenvalue weighted by Gasteiger charge is 2.26. The summed E-state index contributed by atoms with van der Waals surface area (Å²) in [6.45, 7) is 5.53. The molecule has 144 valence electrons. The molecule has 0 aliphatic rings. The number of nitrogens with zero attached hydrogens (tertiary/aromatic N) is 3. The molecule has 0 aliphatic carbocycles. The minimum absolute atomic E-state index is 0.0303. The lowest BCUT2D eigenvalue weighted by atomic mass is 9.90. The fraction of sp³-hybridized carbons (Fsp3) is 0.238. The first-order chi connectivity index (χ1) is 13.4. The molecule has 2 N–H and O–H groups in total. The predicted molar refractivity (Wildman–Crippen MR) is 106 cm³/mol. The van der Waals surface area contributed by atoms with E-state index in [4.69, 9.17) is 0 Å². The van der Waals surface area contributed by atoms with Crippen LogP contribution in [0.2, 0.25) is 0 Å². The molecule has 3 aromatic rings. The van der Waals surface area contributed by atoms with Crippen LogP contribution < -0.4 is 10.9 Å². The molecule has 1 aromatic heterocycles. The number of para-hydroxylation sites is 1. The van der Waals surface area contributed by atoms with Crippen LogP contribution in [0.1, 0.15) is 37.8 Å². The fourth-order valence-corrected chi connectivity index (χ4v) is 2.43. The maximum atomic E-state index is 12.5.